The van der Waals surface area contributed by atoms with Crippen molar-refractivity contribution >= 4 is 0 Å². The second-order valence-electron chi connectivity index (χ2n) is 4.26. The molecule has 102 valence electrons. The Kier molecular flexibility index (Phi) is 5.10. The summed E-state index contributed by atoms with van der Waals surface area (Å²) in [5, 5.41) is 0. The Morgan fingerprint density at radius 2 is 1.89 bits per heavy atom. The van der Waals surface area contributed by atoms with E-state index in [0.717, 1.165) is 5.56 Å². The molecular formula is C12H18F3N3. The number of aromatic nitrogens is 1. The van der Waals surface area contributed by atoms with E-state index in [1.54, 1.807) is 31.5 Å². The number of hydrogen-bond acceptors (Lipinski definition) is 3. The number of alkyl halides is 3. The molecule has 0 radical (unpaired) electrons. The highest BCUT2D eigenvalue weighted by atomic mass is 19.4. The molecule has 0 amide bonds. The number of nitrogens with zero attached hydrogens (tertiary/aromatic N) is 2. The number of halogens is 3. The maximum atomic E-state index is 13.0. The minimum Gasteiger partial charge on any atom is -0.326 e. The minimum absolute atomic E-state index is 0.213. The summed E-state index contributed by atoms with van der Waals surface area (Å²) in [7, 11) is 0. The Balaban J connectivity index is 2.87. The summed E-state index contributed by atoms with van der Waals surface area (Å²) in [6.07, 6.45) is -1.19. The number of hydrogen-bond donors (Lipinski definition) is 1. The summed E-state index contributed by atoms with van der Waals surface area (Å²) in [5.41, 5.74) is 6.27. The van der Waals surface area contributed by atoms with E-state index in [0.29, 0.717) is 0 Å². The van der Waals surface area contributed by atoms with Crippen LogP contribution in [0.1, 0.15) is 19.4 Å². The number of pyridine rings is 1. The van der Waals surface area contributed by atoms with E-state index in [9.17, 15) is 13.2 Å². The smallest absolute Gasteiger partial charge is 0.326 e. The van der Waals surface area contributed by atoms with Gasteiger partial charge in [-0.05, 0) is 31.2 Å². The van der Waals surface area contributed by atoms with Crippen molar-refractivity contribution in [2.24, 2.45) is 5.73 Å². The van der Waals surface area contributed by atoms with Gasteiger partial charge in [-0.1, -0.05) is 6.92 Å². The lowest BCUT2D eigenvalue weighted by atomic mass is 10.1. The fourth-order valence-corrected chi connectivity index (χ4v) is 1.97. The molecule has 0 saturated heterocycles. The molecule has 0 spiro atoms. The van der Waals surface area contributed by atoms with Gasteiger partial charge in [-0.15, -0.1) is 0 Å². The van der Waals surface area contributed by atoms with Crippen LogP contribution in [0.5, 0.6) is 0 Å². The molecule has 2 N–H and O–H groups in total. The first-order valence-electron chi connectivity index (χ1n) is 5.81. The monoisotopic (exact) mass is 261 g/mol. The first-order valence-corrected chi connectivity index (χ1v) is 5.81. The van der Waals surface area contributed by atoms with Crippen LogP contribution in [0, 0.1) is 0 Å². The van der Waals surface area contributed by atoms with Gasteiger partial charge in [0.25, 0.3) is 0 Å². The Hall–Kier alpha value is -1.14. The second-order valence-corrected chi connectivity index (χ2v) is 4.26. The van der Waals surface area contributed by atoms with E-state index in [-0.39, 0.29) is 13.1 Å². The molecule has 1 aromatic heterocycles. The van der Waals surface area contributed by atoms with E-state index in [4.69, 9.17) is 5.73 Å². The molecule has 0 fully saturated rings. The molecule has 3 nitrogen and oxygen atoms in total. The Bertz CT molecular complexity index is 351. The van der Waals surface area contributed by atoms with Gasteiger partial charge in [-0.2, -0.15) is 13.2 Å². The Morgan fingerprint density at radius 3 is 2.28 bits per heavy atom. The van der Waals surface area contributed by atoms with Crippen LogP contribution >= 0.6 is 0 Å². The summed E-state index contributed by atoms with van der Waals surface area (Å²) >= 11 is 0. The predicted molar refractivity (Wildman–Crippen MR) is 63.8 cm³/mol. The Labute approximate surface area is 105 Å². The lowest BCUT2D eigenvalue weighted by molar-refractivity contribution is -0.189. The van der Waals surface area contributed by atoms with Crippen LogP contribution in [0.2, 0.25) is 0 Å². The molecule has 1 aromatic rings. The van der Waals surface area contributed by atoms with Crippen LogP contribution in [-0.2, 0) is 6.54 Å². The van der Waals surface area contributed by atoms with Crippen LogP contribution in [0.15, 0.2) is 24.5 Å². The van der Waals surface area contributed by atoms with Crippen molar-refractivity contribution in [3.63, 3.8) is 0 Å². The van der Waals surface area contributed by atoms with E-state index in [2.05, 4.69) is 4.98 Å². The van der Waals surface area contributed by atoms with Crippen LogP contribution < -0.4 is 5.73 Å². The lowest BCUT2D eigenvalue weighted by Crippen LogP contribution is -2.54. The molecule has 0 aliphatic carbocycles. The third-order valence-electron chi connectivity index (χ3n) is 2.77. The van der Waals surface area contributed by atoms with Gasteiger partial charge in [0.15, 0.2) is 0 Å². The van der Waals surface area contributed by atoms with Crippen molar-refractivity contribution in [1.82, 2.24) is 9.88 Å². The highest BCUT2D eigenvalue weighted by Crippen LogP contribution is 2.27. The molecule has 2 atom stereocenters. The molecule has 0 aliphatic rings. The van der Waals surface area contributed by atoms with Gasteiger partial charge in [-0.3, -0.25) is 9.88 Å². The summed E-state index contributed by atoms with van der Waals surface area (Å²) in [4.78, 5) is 5.18. The van der Waals surface area contributed by atoms with Gasteiger partial charge >= 0.3 is 6.18 Å². The van der Waals surface area contributed by atoms with Crippen LogP contribution in [0.4, 0.5) is 13.2 Å². The topological polar surface area (TPSA) is 42.2 Å². The lowest BCUT2D eigenvalue weighted by Gasteiger charge is -2.34. The molecule has 0 aliphatic heterocycles. The molecule has 1 heterocycles. The van der Waals surface area contributed by atoms with E-state index in [1.165, 1.54) is 11.8 Å². The van der Waals surface area contributed by atoms with Gasteiger partial charge in [-0.25, -0.2) is 0 Å². The molecule has 0 saturated carbocycles. The minimum atomic E-state index is -4.32. The number of nitrogens with two attached hydrogens (primary N) is 1. The zero-order valence-electron chi connectivity index (χ0n) is 10.5. The first-order chi connectivity index (χ1) is 8.36. The first kappa shape index (κ1) is 14.9. The zero-order valence-corrected chi connectivity index (χ0v) is 10.5. The fraction of sp³-hybridized carbons (Fsp3) is 0.583. The molecule has 0 aromatic carbocycles. The van der Waals surface area contributed by atoms with Crippen molar-refractivity contribution in [1.29, 1.82) is 0 Å². The van der Waals surface area contributed by atoms with Crippen LogP contribution in [0.3, 0.4) is 0 Å². The number of likely N-dealkylation sites (N-methyl/N-ethyl adjacent to an activating group) is 1. The van der Waals surface area contributed by atoms with E-state index in [1.807, 2.05) is 0 Å². The number of rotatable bonds is 5. The average Bonchev–Trinajstić information content (AvgIpc) is 2.27. The van der Waals surface area contributed by atoms with Crippen molar-refractivity contribution in [3.05, 3.63) is 30.1 Å². The van der Waals surface area contributed by atoms with Crippen molar-refractivity contribution in [2.45, 2.75) is 38.7 Å². The largest absolute Gasteiger partial charge is 0.405 e. The van der Waals surface area contributed by atoms with Crippen LogP contribution in [-0.4, -0.2) is 34.7 Å². The van der Waals surface area contributed by atoms with E-state index < -0.39 is 18.3 Å². The standard InChI is InChI=1S/C12H18F3N3/c1-3-18(8-10-4-6-17-7-5-10)11(9(2)16)12(13,14)15/h4-7,9,11H,3,8,16H2,1-2H3. The summed E-state index contributed by atoms with van der Waals surface area (Å²) < 4.78 is 38.9. The van der Waals surface area contributed by atoms with Gasteiger partial charge in [0.05, 0.1) is 0 Å². The average molecular weight is 261 g/mol. The van der Waals surface area contributed by atoms with Gasteiger partial charge in [0, 0.05) is 25.0 Å². The molecule has 2 unspecified atom stereocenters. The summed E-state index contributed by atoms with van der Waals surface area (Å²) in [6, 6.07) is 0.816. The highest BCUT2D eigenvalue weighted by Gasteiger charge is 2.45. The van der Waals surface area contributed by atoms with Gasteiger partial charge < -0.3 is 5.73 Å². The molecule has 0 bridgehead atoms. The van der Waals surface area contributed by atoms with Crippen molar-refractivity contribution in [2.75, 3.05) is 6.54 Å². The molecular weight excluding hydrogens is 243 g/mol. The zero-order chi connectivity index (χ0) is 13.8. The SMILES string of the molecule is CCN(Cc1ccncc1)C(C(C)N)C(F)(F)F. The third kappa shape index (κ3) is 3.96. The fourth-order valence-electron chi connectivity index (χ4n) is 1.97. The second kappa shape index (κ2) is 6.15. The van der Waals surface area contributed by atoms with Crippen molar-refractivity contribution < 1.29 is 13.2 Å². The maximum Gasteiger partial charge on any atom is 0.405 e. The van der Waals surface area contributed by atoms with Gasteiger partial charge in [0.2, 0.25) is 0 Å². The maximum absolute atomic E-state index is 13.0. The summed E-state index contributed by atoms with van der Waals surface area (Å²) in [5.74, 6) is 0. The Morgan fingerprint density at radius 1 is 1.33 bits per heavy atom. The van der Waals surface area contributed by atoms with Crippen molar-refractivity contribution in [3.8, 4) is 0 Å². The van der Waals surface area contributed by atoms with Gasteiger partial charge in [0.1, 0.15) is 6.04 Å². The van der Waals surface area contributed by atoms with E-state index >= 15 is 0 Å². The quantitative estimate of drug-likeness (QED) is 0.883. The third-order valence-corrected chi connectivity index (χ3v) is 2.77. The van der Waals surface area contributed by atoms with Crippen LogP contribution in [0.25, 0.3) is 0 Å². The normalized spacial score (nSPS) is 15.7. The summed E-state index contributed by atoms with van der Waals surface area (Å²) in [6.45, 7) is 3.58. The molecule has 1 rings (SSSR count). The molecule has 6 heteroatoms. The predicted octanol–water partition coefficient (Wildman–Crippen LogP) is 2.18. The molecule has 18 heavy (non-hydrogen) atoms. The highest BCUT2D eigenvalue weighted by molar-refractivity contribution is 5.10.